The fraction of sp³-hybridized carbons (Fsp3) is 0.524. The van der Waals surface area contributed by atoms with Gasteiger partial charge in [0.25, 0.3) is 0 Å². The molecule has 29 heavy (non-hydrogen) atoms. The lowest BCUT2D eigenvalue weighted by molar-refractivity contribution is 0.312. The highest BCUT2D eigenvalue weighted by Gasteiger charge is 2.18. The lowest BCUT2D eigenvalue weighted by Crippen LogP contribution is -2.45. The molecule has 1 fully saturated rings. The van der Waals surface area contributed by atoms with Crippen molar-refractivity contribution in [1.29, 1.82) is 0 Å². The molecule has 0 radical (unpaired) electrons. The smallest absolute Gasteiger partial charge is 0.193 e. The lowest BCUT2D eigenvalue weighted by Gasteiger charge is -2.34. The van der Waals surface area contributed by atoms with E-state index >= 15 is 0 Å². The molecule has 2 aromatic heterocycles. The number of thiophene rings is 1. The number of anilines is 1. The van der Waals surface area contributed by atoms with Crippen molar-refractivity contribution in [2.24, 2.45) is 4.99 Å². The van der Waals surface area contributed by atoms with Gasteiger partial charge in [-0.15, -0.1) is 35.3 Å². The standard InChI is InChI=1S/C21H32N6S.HI/c1-4-22-21(26(3)11-9-19-8-6-16-28-19)24-17-18-7-5-10-23-20(18)27-14-12-25(2)13-15-27;/h5-8,10,16H,4,9,11-15,17H2,1-3H3,(H,22,24);1H. The van der Waals surface area contributed by atoms with Crippen LogP contribution in [0.25, 0.3) is 0 Å². The Bertz CT molecular complexity index is 743. The zero-order valence-corrected chi connectivity index (χ0v) is 20.8. The first-order valence-corrected chi connectivity index (χ1v) is 10.9. The second kappa shape index (κ2) is 12.3. The molecular weight excluding hydrogens is 495 g/mol. The summed E-state index contributed by atoms with van der Waals surface area (Å²) in [6.07, 6.45) is 2.93. The van der Waals surface area contributed by atoms with Crippen LogP contribution in [0.15, 0.2) is 40.8 Å². The van der Waals surface area contributed by atoms with E-state index in [0.29, 0.717) is 6.54 Å². The van der Waals surface area contributed by atoms with Gasteiger partial charge in [0.2, 0.25) is 0 Å². The average Bonchev–Trinajstić information content (AvgIpc) is 3.24. The summed E-state index contributed by atoms with van der Waals surface area (Å²) in [5.74, 6) is 2.03. The molecule has 6 nitrogen and oxygen atoms in total. The van der Waals surface area contributed by atoms with Gasteiger partial charge in [-0.1, -0.05) is 12.1 Å². The third-order valence-electron chi connectivity index (χ3n) is 5.04. The fourth-order valence-electron chi connectivity index (χ4n) is 3.33. The van der Waals surface area contributed by atoms with Crippen LogP contribution in [0, 0.1) is 0 Å². The molecule has 3 rings (SSSR count). The molecule has 0 spiro atoms. The van der Waals surface area contributed by atoms with Gasteiger partial charge in [-0.25, -0.2) is 9.98 Å². The van der Waals surface area contributed by atoms with E-state index in [-0.39, 0.29) is 24.0 Å². The maximum absolute atomic E-state index is 4.91. The fourth-order valence-corrected chi connectivity index (χ4v) is 4.02. The van der Waals surface area contributed by atoms with E-state index in [2.05, 4.69) is 69.6 Å². The van der Waals surface area contributed by atoms with Gasteiger partial charge in [-0.2, -0.15) is 0 Å². The molecule has 160 valence electrons. The summed E-state index contributed by atoms with van der Waals surface area (Å²) in [6, 6.07) is 8.47. The second-order valence-electron chi connectivity index (χ2n) is 7.20. The summed E-state index contributed by atoms with van der Waals surface area (Å²) in [7, 11) is 4.29. The highest BCUT2D eigenvalue weighted by molar-refractivity contribution is 14.0. The minimum absolute atomic E-state index is 0. The van der Waals surface area contributed by atoms with E-state index in [1.807, 2.05) is 23.6 Å². The Labute approximate surface area is 196 Å². The molecule has 0 atom stereocenters. The SMILES string of the molecule is CCNC(=NCc1cccnc1N1CCN(C)CC1)N(C)CCc1cccs1.I. The molecule has 3 heterocycles. The predicted octanol–water partition coefficient (Wildman–Crippen LogP) is 3.15. The van der Waals surface area contributed by atoms with Crippen molar-refractivity contribution in [3.63, 3.8) is 0 Å². The Kier molecular flexibility index (Phi) is 10.2. The number of hydrogen-bond donors (Lipinski definition) is 1. The zero-order valence-electron chi connectivity index (χ0n) is 17.7. The monoisotopic (exact) mass is 528 g/mol. The molecule has 8 heteroatoms. The number of halogens is 1. The quantitative estimate of drug-likeness (QED) is 0.340. The molecule has 0 unspecified atom stereocenters. The van der Waals surface area contributed by atoms with Gasteiger partial charge in [-0.05, 0) is 37.9 Å². The van der Waals surface area contributed by atoms with Crippen LogP contribution in [0.2, 0.25) is 0 Å². The summed E-state index contributed by atoms with van der Waals surface area (Å²) in [4.78, 5) is 18.0. The molecule has 0 aromatic carbocycles. The molecule has 0 amide bonds. The lowest BCUT2D eigenvalue weighted by atomic mass is 10.2. The van der Waals surface area contributed by atoms with E-state index in [0.717, 1.165) is 57.5 Å². The number of likely N-dealkylation sites (N-methyl/N-ethyl adjacent to an activating group) is 2. The molecule has 1 saturated heterocycles. The number of piperazine rings is 1. The summed E-state index contributed by atoms with van der Waals surface area (Å²) < 4.78 is 0. The van der Waals surface area contributed by atoms with Crippen molar-refractivity contribution in [2.45, 2.75) is 19.9 Å². The van der Waals surface area contributed by atoms with Gasteiger partial charge in [0.05, 0.1) is 6.54 Å². The van der Waals surface area contributed by atoms with E-state index < -0.39 is 0 Å². The highest BCUT2D eigenvalue weighted by Crippen LogP contribution is 2.19. The third kappa shape index (κ3) is 7.11. The van der Waals surface area contributed by atoms with E-state index in [1.54, 1.807) is 0 Å². The molecular formula is C21H33IN6S. The van der Waals surface area contributed by atoms with Crippen molar-refractivity contribution in [2.75, 3.05) is 58.3 Å². The highest BCUT2D eigenvalue weighted by atomic mass is 127. The van der Waals surface area contributed by atoms with E-state index in [9.17, 15) is 0 Å². The van der Waals surface area contributed by atoms with Crippen LogP contribution in [0.4, 0.5) is 5.82 Å². The van der Waals surface area contributed by atoms with Crippen LogP contribution in [-0.2, 0) is 13.0 Å². The number of rotatable bonds is 7. The van der Waals surface area contributed by atoms with Gasteiger partial charge < -0.3 is 20.0 Å². The van der Waals surface area contributed by atoms with Crippen LogP contribution in [-0.4, -0.2) is 74.1 Å². The van der Waals surface area contributed by atoms with Crippen molar-refractivity contribution in [1.82, 2.24) is 20.1 Å². The molecule has 1 aliphatic heterocycles. The predicted molar refractivity (Wildman–Crippen MR) is 135 cm³/mol. The topological polar surface area (TPSA) is 47.0 Å². The average molecular weight is 529 g/mol. The van der Waals surface area contributed by atoms with Crippen molar-refractivity contribution in [3.05, 3.63) is 46.3 Å². The third-order valence-corrected chi connectivity index (χ3v) is 5.98. The van der Waals surface area contributed by atoms with Gasteiger partial charge >= 0.3 is 0 Å². The van der Waals surface area contributed by atoms with E-state index in [4.69, 9.17) is 4.99 Å². The first-order chi connectivity index (χ1) is 13.7. The van der Waals surface area contributed by atoms with Gasteiger partial charge in [0.1, 0.15) is 5.82 Å². The van der Waals surface area contributed by atoms with Gasteiger partial charge in [0.15, 0.2) is 5.96 Å². The van der Waals surface area contributed by atoms with Crippen LogP contribution in [0.5, 0.6) is 0 Å². The molecule has 1 aliphatic rings. The first kappa shape index (κ1) is 23.9. The number of aromatic nitrogens is 1. The van der Waals surface area contributed by atoms with E-state index in [1.165, 1.54) is 10.4 Å². The molecule has 0 saturated carbocycles. The van der Waals surface area contributed by atoms with Gasteiger partial charge in [-0.3, -0.25) is 0 Å². The maximum Gasteiger partial charge on any atom is 0.193 e. The Morgan fingerprint density at radius 2 is 2.03 bits per heavy atom. The molecule has 0 aliphatic carbocycles. The number of nitrogens with zero attached hydrogens (tertiary/aromatic N) is 5. The minimum atomic E-state index is 0. The largest absolute Gasteiger partial charge is 0.357 e. The summed E-state index contributed by atoms with van der Waals surface area (Å²) >= 11 is 1.81. The molecule has 2 aromatic rings. The summed E-state index contributed by atoms with van der Waals surface area (Å²) in [5, 5.41) is 5.56. The Morgan fingerprint density at radius 3 is 2.72 bits per heavy atom. The van der Waals surface area contributed by atoms with Crippen LogP contribution in [0.1, 0.15) is 17.4 Å². The van der Waals surface area contributed by atoms with Crippen molar-refractivity contribution in [3.8, 4) is 0 Å². The minimum Gasteiger partial charge on any atom is -0.357 e. The Hall–Kier alpha value is -1.39. The van der Waals surface area contributed by atoms with Crippen LogP contribution >= 0.6 is 35.3 Å². The second-order valence-corrected chi connectivity index (χ2v) is 8.23. The van der Waals surface area contributed by atoms with Gasteiger partial charge in [0, 0.05) is 63.0 Å². The Balaban J connectivity index is 0.00000300. The maximum atomic E-state index is 4.91. The summed E-state index contributed by atoms with van der Waals surface area (Å²) in [5.41, 5.74) is 1.19. The normalized spacial score (nSPS) is 15.1. The summed E-state index contributed by atoms with van der Waals surface area (Å²) in [6.45, 7) is 8.76. The van der Waals surface area contributed by atoms with Crippen molar-refractivity contribution >= 4 is 47.1 Å². The Morgan fingerprint density at radius 1 is 1.24 bits per heavy atom. The number of pyridine rings is 1. The van der Waals surface area contributed by atoms with Crippen LogP contribution < -0.4 is 10.2 Å². The molecule has 1 N–H and O–H groups in total. The number of aliphatic imine (C=N–C) groups is 1. The van der Waals surface area contributed by atoms with Crippen molar-refractivity contribution < 1.29 is 0 Å². The zero-order chi connectivity index (χ0) is 19.8. The number of nitrogens with one attached hydrogen (secondary N) is 1. The number of hydrogen-bond acceptors (Lipinski definition) is 5. The van der Waals surface area contributed by atoms with Crippen LogP contribution in [0.3, 0.4) is 0 Å². The first-order valence-electron chi connectivity index (χ1n) is 10.1. The number of guanidine groups is 1. The molecule has 0 bridgehead atoms.